The minimum atomic E-state index is -3.09. The van der Waals surface area contributed by atoms with Gasteiger partial charge in [0, 0.05) is 25.7 Å². The van der Waals surface area contributed by atoms with Crippen LogP contribution in [0.2, 0.25) is 0 Å². The quantitative estimate of drug-likeness (QED) is 0.764. The molecule has 0 bridgehead atoms. The summed E-state index contributed by atoms with van der Waals surface area (Å²) in [6, 6.07) is 0.451. The van der Waals surface area contributed by atoms with Gasteiger partial charge in [-0.1, -0.05) is 6.42 Å². The van der Waals surface area contributed by atoms with Gasteiger partial charge < -0.3 is 4.90 Å². The van der Waals surface area contributed by atoms with E-state index in [-0.39, 0.29) is 0 Å². The Kier molecular flexibility index (Phi) is 5.76. The van der Waals surface area contributed by atoms with E-state index in [0.29, 0.717) is 18.3 Å². The van der Waals surface area contributed by atoms with Gasteiger partial charge in [-0.05, 0) is 64.7 Å². The number of hydrogen-bond acceptors (Lipinski definition) is 4. The van der Waals surface area contributed by atoms with Gasteiger partial charge in [0.05, 0.1) is 5.75 Å². The largest absolute Gasteiger partial charge is 0.302 e. The summed E-state index contributed by atoms with van der Waals surface area (Å²) < 4.78 is 27.3. The lowest BCUT2D eigenvalue weighted by atomic mass is 10.1. The topological polar surface area (TPSA) is 43.9 Å². The summed E-state index contributed by atoms with van der Waals surface area (Å²) in [5, 5.41) is 0. The van der Waals surface area contributed by atoms with E-state index in [2.05, 4.69) is 9.80 Å². The van der Waals surface area contributed by atoms with Crippen molar-refractivity contribution < 1.29 is 8.42 Å². The zero-order valence-corrected chi connectivity index (χ0v) is 14.6. The maximum Gasteiger partial charge on any atom is 0.215 e. The van der Waals surface area contributed by atoms with Gasteiger partial charge in [-0.2, -0.15) is 0 Å². The molecule has 0 saturated carbocycles. The first-order chi connectivity index (χ1) is 10.6. The molecular formula is C16H31N3O2S. The van der Waals surface area contributed by atoms with Crippen molar-refractivity contribution in [3.05, 3.63) is 0 Å². The first kappa shape index (κ1) is 16.7. The van der Waals surface area contributed by atoms with Crippen molar-refractivity contribution in [2.24, 2.45) is 0 Å². The van der Waals surface area contributed by atoms with Crippen molar-refractivity contribution in [2.75, 3.05) is 51.6 Å². The van der Waals surface area contributed by atoms with Crippen molar-refractivity contribution in [1.29, 1.82) is 0 Å². The van der Waals surface area contributed by atoms with E-state index in [1.165, 1.54) is 32.1 Å². The maximum absolute atomic E-state index is 12.7. The highest BCUT2D eigenvalue weighted by atomic mass is 32.2. The van der Waals surface area contributed by atoms with Gasteiger partial charge in [0.25, 0.3) is 0 Å². The standard InChI is InChI=1S/C16H31N3O2S/c20-22(21,14-13-17-8-3-4-9-17)19-12-2-1-7-16(15-19)18-10-5-6-11-18/h16H,1-15H2. The SMILES string of the molecule is O=S(=O)(CCN1CCCC1)N1CCCCC(N2CCCC2)C1. The van der Waals surface area contributed by atoms with E-state index < -0.39 is 10.0 Å². The number of hydrogen-bond donors (Lipinski definition) is 0. The van der Waals surface area contributed by atoms with E-state index in [1.54, 1.807) is 4.31 Å². The lowest BCUT2D eigenvalue weighted by molar-refractivity contribution is 0.208. The van der Waals surface area contributed by atoms with E-state index in [1.807, 2.05) is 0 Å². The average molecular weight is 330 g/mol. The van der Waals surface area contributed by atoms with Crippen LogP contribution in [0.15, 0.2) is 0 Å². The Hall–Kier alpha value is -0.170. The maximum atomic E-state index is 12.7. The van der Waals surface area contributed by atoms with Crippen LogP contribution in [-0.4, -0.2) is 80.1 Å². The first-order valence-corrected chi connectivity index (χ1v) is 10.7. The number of rotatable bonds is 5. The predicted octanol–water partition coefficient (Wildman–Crippen LogP) is 1.36. The minimum absolute atomic E-state index is 0.305. The van der Waals surface area contributed by atoms with Gasteiger partial charge >= 0.3 is 0 Å². The van der Waals surface area contributed by atoms with Gasteiger partial charge in [0.15, 0.2) is 0 Å². The summed E-state index contributed by atoms with van der Waals surface area (Å²) in [7, 11) is -3.09. The summed E-state index contributed by atoms with van der Waals surface area (Å²) in [6.45, 7) is 6.64. The Morgan fingerprint density at radius 3 is 2.18 bits per heavy atom. The molecule has 0 aromatic carbocycles. The molecule has 3 saturated heterocycles. The molecule has 0 aromatic heterocycles. The third-order valence-corrected chi connectivity index (χ3v) is 7.34. The molecule has 128 valence electrons. The van der Waals surface area contributed by atoms with Crippen LogP contribution < -0.4 is 0 Å². The lowest BCUT2D eigenvalue weighted by Crippen LogP contribution is -2.45. The molecule has 0 aliphatic carbocycles. The normalized spacial score (nSPS) is 29.9. The molecule has 22 heavy (non-hydrogen) atoms. The molecule has 1 unspecified atom stereocenters. The van der Waals surface area contributed by atoms with Gasteiger partial charge in [0.2, 0.25) is 10.0 Å². The molecule has 6 heteroatoms. The third kappa shape index (κ3) is 4.22. The Morgan fingerprint density at radius 2 is 1.45 bits per heavy atom. The van der Waals surface area contributed by atoms with Crippen LogP contribution in [0.1, 0.15) is 44.9 Å². The van der Waals surface area contributed by atoms with E-state index >= 15 is 0 Å². The second-order valence-electron chi connectivity index (χ2n) is 7.12. The molecular weight excluding hydrogens is 298 g/mol. The molecule has 3 fully saturated rings. The van der Waals surface area contributed by atoms with Crippen LogP contribution >= 0.6 is 0 Å². The van der Waals surface area contributed by atoms with Crippen LogP contribution in [0.25, 0.3) is 0 Å². The zero-order valence-electron chi connectivity index (χ0n) is 13.8. The van der Waals surface area contributed by atoms with E-state index in [0.717, 1.165) is 52.1 Å². The number of nitrogens with zero attached hydrogens (tertiary/aromatic N) is 3. The molecule has 0 amide bonds. The molecule has 0 aromatic rings. The summed E-state index contributed by atoms with van der Waals surface area (Å²) >= 11 is 0. The average Bonchev–Trinajstić information content (AvgIpc) is 3.15. The van der Waals surface area contributed by atoms with Crippen molar-refractivity contribution in [1.82, 2.24) is 14.1 Å². The van der Waals surface area contributed by atoms with Crippen LogP contribution in [0.3, 0.4) is 0 Å². The third-order valence-electron chi connectivity index (χ3n) is 5.52. The van der Waals surface area contributed by atoms with Crippen LogP contribution in [0, 0.1) is 0 Å². The monoisotopic (exact) mass is 329 g/mol. The van der Waals surface area contributed by atoms with Crippen LogP contribution in [-0.2, 0) is 10.0 Å². The molecule has 3 aliphatic rings. The van der Waals surface area contributed by atoms with Gasteiger partial charge in [-0.15, -0.1) is 0 Å². The highest BCUT2D eigenvalue weighted by molar-refractivity contribution is 7.89. The number of likely N-dealkylation sites (tertiary alicyclic amines) is 2. The minimum Gasteiger partial charge on any atom is -0.302 e. The molecule has 3 rings (SSSR count). The zero-order chi connectivity index (χ0) is 15.4. The molecule has 5 nitrogen and oxygen atoms in total. The van der Waals surface area contributed by atoms with Crippen molar-refractivity contribution >= 4 is 10.0 Å². The van der Waals surface area contributed by atoms with Crippen LogP contribution in [0.4, 0.5) is 0 Å². The Bertz CT molecular complexity index is 442. The fourth-order valence-corrected chi connectivity index (χ4v) is 5.68. The second-order valence-corrected chi connectivity index (χ2v) is 9.20. The highest BCUT2D eigenvalue weighted by Gasteiger charge is 2.31. The molecule has 3 aliphatic heterocycles. The molecule has 0 spiro atoms. The molecule has 1 atom stereocenters. The number of sulfonamides is 1. The fourth-order valence-electron chi connectivity index (χ4n) is 4.12. The Labute approximate surface area is 135 Å². The molecule has 3 heterocycles. The first-order valence-electron chi connectivity index (χ1n) is 9.09. The fraction of sp³-hybridized carbons (Fsp3) is 1.00. The van der Waals surface area contributed by atoms with Crippen molar-refractivity contribution in [3.63, 3.8) is 0 Å². The highest BCUT2D eigenvalue weighted by Crippen LogP contribution is 2.22. The van der Waals surface area contributed by atoms with Gasteiger partial charge in [0.1, 0.15) is 0 Å². The Morgan fingerprint density at radius 1 is 0.818 bits per heavy atom. The van der Waals surface area contributed by atoms with Crippen LogP contribution in [0.5, 0.6) is 0 Å². The predicted molar refractivity (Wildman–Crippen MR) is 89.5 cm³/mol. The van der Waals surface area contributed by atoms with Crippen molar-refractivity contribution in [3.8, 4) is 0 Å². The summed E-state index contributed by atoms with van der Waals surface area (Å²) in [5.41, 5.74) is 0. The van der Waals surface area contributed by atoms with Crippen molar-refractivity contribution in [2.45, 2.75) is 51.0 Å². The summed E-state index contributed by atoms with van der Waals surface area (Å²) in [4.78, 5) is 4.82. The van der Waals surface area contributed by atoms with Gasteiger partial charge in [-0.25, -0.2) is 12.7 Å². The summed E-state index contributed by atoms with van der Waals surface area (Å²) in [6.07, 6.45) is 8.35. The molecule has 0 radical (unpaired) electrons. The lowest BCUT2D eigenvalue weighted by Gasteiger charge is -2.30. The summed E-state index contributed by atoms with van der Waals surface area (Å²) in [5.74, 6) is 0.305. The van der Waals surface area contributed by atoms with Gasteiger partial charge in [-0.3, -0.25) is 4.90 Å². The molecule has 0 N–H and O–H groups in total. The van der Waals surface area contributed by atoms with E-state index in [4.69, 9.17) is 0 Å². The van der Waals surface area contributed by atoms with E-state index in [9.17, 15) is 8.42 Å². The smallest absolute Gasteiger partial charge is 0.215 e. The Balaban J connectivity index is 1.57. The second kappa shape index (κ2) is 7.60.